The van der Waals surface area contributed by atoms with Crippen molar-refractivity contribution in [3.63, 3.8) is 0 Å². The van der Waals surface area contributed by atoms with Crippen molar-refractivity contribution < 1.29 is 29.1 Å². The van der Waals surface area contributed by atoms with Gasteiger partial charge < -0.3 is 42.5 Å². The zero-order valence-corrected chi connectivity index (χ0v) is 22.8. The molecule has 0 saturated heterocycles. The number of carbonyl (C=O) groups excluding carboxylic acids is 4. The molecule has 3 rings (SSSR count). The molecule has 4 atom stereocenters. The van der Waals surface area contributed by atoms with Crippen LogP contribution in [0.3, 0.4) is 0 Å². The maximum Gasteiger partial charge on any atom is 0.326 e. The molecule has 220 valence electrons. The second-order valence-corrected chi connectivity index (χ2v) is 10.3. The largest absolute Gasteiger partial charge is 0.480 e. The van der Waals surface area contributed by atoms with Gasteiger partial charge in [0.15, 0.2) is 0 Å². The minimum absolute atomic E-state index is 0.0772. The zero-order valence-electron chi connectivity index (χ0n) is 22.8. The molecular weight excluding hydrogens is 532 g/mol. The fourth-order valence-electron chi connectivity index (χ4n) is 4.39. The number of aliphatic carboxylic acids is 1. The summed E-state index contributed by atoms with van der Waals surface area (Å²) in [4.78, 5) is 72.6. The highest BCUT2D eigenvalue weighted by Gasteiger charge is 2.32. The van der Waals surface area contributed by atoms with Crippen molar-refractivity contribution in [2.24, 2.45) is 17.4 Å². The first-order chi connectivity index (χ1) is 19.4. The van der Waals surface area contributed by atoms with Gasteiger partial charge in [0.25, 0.3) is 0 Å². The van der Waals surface area contributed by atoms with Gasteiger partial charge in [0.2, 0.25) is 23.6 Å². The van der Waals surface area contributed by atoms with Crippen molar-refractivity contribution in [1.82, 2.24) is 30.9 Å². The monoisotopic (exact) mass is 568 g/mol. The number of amides is 4. The van der Waals surface area contributed by atoms with Crippen molar-refractivity contribution in [1.29, 1.82) is 0 Å². The fraction of sp³-hybridized carbons (Fsp3) is 0.407. The number of carboxylic acid groups (broad SMARTS) is 1. The summed E-state index contributed by atoms with van der Waals surface area (Å²) in [7, 11) is 0. The summed E-state index contributed by atoms with van der Waals surface area (Å²) in [5, 5.41) is 17.9. The molecule has 10 N–H and O–H groups in total. The van der Waals surface area contributed by atoms with Crippen LogP contribution in [0.15, 0.2) is 43.0 Å². The van der Waals surface area contributed by atoms with Gasteiger partial charge in [-0.15, -0.1) is 0 Å². The van der Waals surface area contributed by atoms with E-state index in [9.17, 15) is 29.1 Å². The van der Waals surface area contributed by atoms with Crippen LogP contribution >= 0.6 is 0 Å². The summed E-state index contributed by atoms with van der Waals surface area (Å²) < 4.78 is 0. The van der Waals surface area contributed by atoms with E-state index in [2.05, 4.69) is 30.9 Å². The Balaban J connectivity index is 1.87. The Bertz CT molecular complexity index is 1370. The van der Waals surface area contributed by atoms with E-state index in [1.165, 1.54) is 12.5 Å². The summed E-state index contributed by atoms with van der Waals surface area (Å²) in [5.74, 6) is -4.34. The molecule has 0 fully saturated rings. The van der Waals surface area contributed by atoms with Gasteiger partial charge in [-0.3, -0.25) is 19.2 Å². The Morgan fingerprint density at radius 2 is 1.56 bits per heavy atom. The third-order valence-electron chi connectivity index (χ3n) is 6.43. The van der Waals surface area contributed by atoms with E-state index >= 15 is 0 Å². The number of hydrogen-bond acceptors (Lipinski definition) is 7. The van der Waals surface area contributed by atoms with Crippen molar-refractivity contribution in [3.05, 3.63) is 54.2 Å². The molecule has 0 spiro atoms. The molecule has 2 aromatic heterocycles. The van der Waals surface area contributed by atoms with E-state index in [1.54, 1.807) is 6.20 Å². The number of fused-ring (bicyclic) bond motifs is 1. The second kappa shape index (κ2) is 14.1. The smallest absolute Gasteiger partial charge is 0.326 e. The third-order valence-corrected chi connectivity index (χ3v) is 6.43. The maximum absolute atomic E-state index is 13.7. The molecule has 4 amide bonds. The standard InChI is InChI=1S/C27H36N8O6/c1-14(2)7-18(28)24(37)33-20(8-15-11-31-19-6-4-3-5-17(15)19)25(38)34-21(9-16-12-30-13-32-16)26(39)35-22(27(40)41)10-23(29)36/h3-6,11-14,18,20-22,31H,7-10,28H2,1-2H3,(H2,29,36)(H,30,32)(H,33,37)(H,34,38)(H,35,39)(H,40,41). The van der Waals surface area contributed by atoms with Gasteiger partial charge in [0.05, 0.1) is 18.8 Å². The molecule has 3 aromatic rings. The normalized spacial score (nSPS) is 14.1. The summed E-state index contributed by atoms with van der Waals surface area (Å²) in [6.45, 7) is 3.84. The zero-order chi connectivity index (χ0) is 30.1. The predicted molar refractivity (Wildman–Crippen MR) is 149 cm³/mol. The number of primary amides is 1. The molecule has 0 saturated carbocycles. The van der Waals surface area contributed by atoms with Crippen LogP contribution in [0.2, 0.25) is 0 Å². The Kier molecular flexibility index (Phi) is 10.6. The number of H-pyrrole nitrogens is 2. The first-order valence-corrected chi connectivity index (χ1v) is 13.1. The molecule has 0 aliphatic rings. The number of nitrogens with zero attached hydrogens (tertiary/aromatic N) is 1. The molecule has 2 heterocycles. The number of nitrogens with one attached hydrogen (secondary N) is 5. The molecule has 4 unspecified atom stereocenters. The SMILES string of the molecule is CC(C)CC(N)C(=O)NC(Cc1c[nH]c2ccccc12)C(=O)NC(Cc1cnc[nH]1)C(=O)NC(CC(N)=O)C(=O)O. The minimum atomic E-state index is -1.60. The van der Waals surface area contributed by atoms with Gasteiger partial charge >= 0.3 is 5.97 Å². The molecule has 14 heteroatoms. The summed E-state index contributed by atoms with van der Waals surface area (Å²) in [5.41, 5.74) is 13.3. The molecule has 14 nitrogen and oxygen atoms in total. The van der Waals surface area contributed by atoms with Crippen LogP contribution in [-0.4, -0.2) is 73.8 Å². The molecule has 1 aromatic carbocycles. The lowest BCUT2D eigenvalue weighted by Crippen LogP contribution is -2.58. The maximum atomic E-state index is 13.7. The Hall–Kier alpha value is -4.72. The summed E-state index contributed by atoms with van der Waals surface area (Å²) >= 11 is 0. The van der Waals surface area contributed by atoms with Gasteiger partial charge in [0, 0.05) is 41.8 Å². The number of aromatic amines is 2. The average molecular weight is 569 g/mol. The number of carbonyl (C=O) groups is 5. The highest BCUT2D eigenvalue weighted by molar-refractivity contribution is 5.95. The van der Waals surface area contributed by atoms with Crippen molar-refractivity contribution in [3.8, 4) is 0 Å². The lowest BCUT2D eigenvalue weighted by atomic mass is 10.0. The Labute approximate surface area is 236 Å². The van der Waals surface area contributed by atoms with E-state index in [4.69, 9.17) is 11.5 Å². The van der Waals surface area contributed by atoms with E-state index in [0.29, 0.717) is 12.1 Å². The van der Waals surface area contributed by atoms with Crippen LogP contribution in [-0.2, 0) is 36.8 Å². The average Bonchev–Trinajstić information content (AvgIpc) is 3.56. The predicted octanol–water partition coefficient (Wildman–Crippen LogP) is -0.536. The number of para-hydroxylation sites is 1. The van der Waals surface area contributed by atoms with Crippen LogP contribution in [0, 0.1) is 5.92 Å². The summed E-state index contributed by atoms with van der Waals surface area (Å²) in [6, 6.07) is 2.59. The Morgan fingerprint density at radius 1 is 0.927 bits per heavy atom. The van der Waals surface area contributed by atoms with Gasteiger partial charge in [-0.1, -0.05) is 32.0 Å². The first kappa shape index (κ1) is 30.8. The number of carboxylic acids is 1. The van der Waals surface area contributed by atoms with Gasteiger partial charge in [-0.25, -0.2) is 9.78 Å². The number of rotatable bonds is 15. The number of imidazole rings is 1. The second-order valence-electron chi connectivity index (χ2n) is 10.3. The molecule has 41 heavy (non-hydrogen) atoms. The summed E-state index contributed by atoms with van der Waals surface area (Å²) in [6.07, 6.45) is 4.32. The molecular formula is C27H36N8O6. The third kappa shape index (κ3) is 8.89. The first-order valence-electron chi connectivity index (χ1n) is 13.1. The molecule has 0 bridgehead atoms. The van der Waals surface area contributed by atoms with Crippen molar-refractivity contribution >= 4 is 40.5 Å². The van der Waals surface area contributed by atoms with Gasteiger partial charge in [-0.05, 0) is 24.0 Å². The van der Waals surface area contributed by atoms with Crippen LogP contribution in [0.25, 0.3) is 10.9 Å². The van der Waals surface area contributed by atoms with Gasteiger partial charge in [-0.2, -0.15) is 0 Å². The highest BCUT2D eigenvalue weighted by atomic mass is 16.4. The van der Waals surface area contributed by atoms with E-state index in [-0.39, 0.29) is 18.8 Å². The topological polar surface area (TPSA) is 238 Å². The van der Waals surface area contributed by atoms with Crippen LogP contribution < -0.4 is 27.4 Å². The van der Waals surface area contributed by atoms with E-state index < -0.39 is 60.2 Å². The lowest BCUT2D eigenvalue weighted by Gasteiger charge is -2.25. The number of benzene rings is 1. The van der Waals surface area contributed by atoms with Gasteiger partial charge in [0.1, 0.15) is 18.1 Å². The number of nitrogens with two attached hydrogens (primary N) is 2. The van der Waals surface area contributed by atoms with Crippen LogP contribution in [0.1, 0.15) is 37.9 Å². The lowest BCUT2D eigenvalue weighted by molar-refractivity contribution is -0.143. The quantitative estimate of drug-likeness (QED) is 0.118. The number of hydrogen-bond donors (Lipinski definition) is 8. The molecule has 0 aliphatic carbocycles. The van der Waals surface area contributed by atoms with Crippen LogP contribution in [0.5, 0.6) is 0 Å². The van der Waals surface area contributed by atoms with E-state index in [0.717, 1.165) is 16.5 Å². The molecule has 0 radical (unpaired) electrons. The highest BCUT2D eigenvalue weighted by Crippen LogP contribution is 2.19. The van der Waals surface area contributed by atoms with E-state index in [1.807, 2.05) is 38.1 Å². The minimum Gasteiger partial charge on any atom is -0.480 e. The number of aromatic nitrogens is 3. The molecule has 0 aliphatic heterocycles. The Morgan fingerprint density at radius 3 is 2.17 bits per heavy atom. The van der Waals surface area contributed by atoms with Crippen LogP contribution in [0.4, 0.5) is 0 Å². The van der Waals surface area contributed by atoms with Crippen molar-refractivity contribution in [2.75, 3.05) is 0 Å². The van der Waals surface area contributed by atoms with Crippen molar-refractivity contribution in [2.45, 2.75) is 63.7 Å². The fourth-order valence-corrected chi connectivity index (χ4v) is 4.39.